The Balaban J connectivity index is 1.63. The van der Waals surface area contributed by atoms with Gasteiger partial charge in [-0.15, -0.1) is 0 Å². The van der Waals surface area contributed by atoms with Gasteiger partial charge in [0.05, 0.1) is 4.90 Å². The first-order valence-electron chi connectivity index (χ1n) is 8.12. The summed E-state index contributed by atoms with van der Waals surface area (Å²) in [7, 11) is -3.62. The lowest BCUT2D eigenvalue weighted by atomic mass is 9.95. The van der Waals surface area contributed by atoms with Crippen LogP contribution in [0.1, 0.15) is 24.3 Å². The van der Waals surface area contributed by atoms with Crippen LogP contribution in [0.5, 0.6) is 11.5 Å². The second kappa shape index (κ2) is 8.18. The van der Waals surface area contributed by atoms with E-state index in [0.717, 1.165) is 5.56 Å². The Labute approximate surface area is 151 Å². The molecule has 2 aromatic rings. The lowest BCUT2D eigenvalue weighted by Crippen LogP contribution is -2.26. The Morgan fingerprint density at radius 3 is 2.68 bits per heavy atom. The third-order valence-electron chi connectivity index (χ3n) is 4.10. The molecule has 1 aromatic heterocycles. The van der Waals surface area contributed by atoms with Gasteiger partial charge < -0.3 is 14.6 Å². The normalized spacial score (nSPS) is 15.1. The molecule has 0 spiro atoms. The summed E-state index contributed by atoms with van der Waals surface area (Å²) in [5.74, 6) is 1.15. The van der Waals surface area contributed by atoms with Crippen molar-refractivity contribution >= 4 is 21.4 Å². The maximum atomic E-state index is 12.5. The van der Waals surface area contributed by atoms with Crippen molar-refractivity contribution in [1.82, 2.24) is 4.72 Å². The summed E-state index contributed by atoms with van der Waals surface area (Å²) in [5.41, 5.74) is 1.14. The number of sulfonamides is 1. The molecular weight excluding hydrogens is 362 g/mol. The Kier molecular flexibility index (Phi) is 5.95. The molecule has 0 aliphatic carbocycles. The molecule has 136 valence electrons. The van der Waals surface area contributed by atoms with E-state index in [4.69, 9.17) is 9.47 Å². The van der Waals surface area contributed by atoms with Gasteiger partial charge in [-0.25, -0.2) is 13.1 Å². The maximum Gasteiger partial charge on any atom is 0.240 e. The second-order valence-corrected chi connectivity index (χ2v) is 8.30. The second-order valence-electron chi connectivity index (χ2n) is 5.76. The third-order valence-corrected chi connectivity index (χ3v) is 6.26. The number of aliphatic hydroxyl groups is 1. The van der Waals surface area contributed by atoms with Crippen LogP contribution in [0.2, 0.25) is 0 Å². The predicted octanol–water partition coefficient (Wildman–Crippen LogP) is 2.35. The monoisotopic (exact) mass is 383 g/mol. The van der Waals surface area contributed by atoms with Gasteiger partial charge in [0.2, 0.25) is 10.0 Å². The summed E-state index contributed by atoms with van der Waals surface area (Å²) in [6, 6.07) is 6.63. The minimum absolute atomic E-state index is 0.0788. The van der Waals surface area contributed by atoms with Crippen molar-refractivity contribution in [1.29, 1.82) is 0 Å². The first-order chi connectivity index (χ1) is 12.1. The van der Waals surface area contributed by atoms with Crippen LogP contribution in [0.25, 0.3) is 0 Å². The average molecular weight is 383 g/mol. The van der Waals surface area contributed by atoms with Crippen LogP contribution in [0.15, 0.2) is 39.9 Å². The largest absolute Gasteiger partial charge is 0.486 e. The molecule has 0 amide bonds. The summed E-state index contributed by atoms with van der Waals surface area (Å²) in [4.78, 5) is 0.158. The van der Waals surface area contributed by atoms with Crippen molar-refractivity contribution in [3.63, 3.8) is 0 Å². The molecule has 0 saturated heterocycles. The van der Waals surface area contributed by atoms with Crippen LogP contribution in [-0.2, 0) is 10.0 Å². The van der Waals surface area contributed by atoms with Crippen molar-refractivity contribution in [2.24, 2.45) is 0 Å². The van der Waals surface area contributed by atoms with Crippen LogP contribution in [-0.4, -0.2) is 39.9 Å². The molecule has 1 aliphatic heterocycles. The number of fused-ring (bicyclic) bond motifs is 1. The zero-order chi connectivity index (χ0) is 17.7. The van der Waals surface area contributed by atoms with Gasteiger partial charge in [-0.3, -0.25) is 0 Å². The van der Waals surface area contributed by atoms with Crippen LogP contribution in [0.4, 0.5) is 0 Å². The van der Waals surface area contributed by atoms with E-state index < -0.39 is 10.0 Å². The molecule has 0 saturated carbocycles. The van der Waals surface area contributed by atoms with Crippen molar-refractivity contribution < 1.29 is 23.0 Å². The fourth-order valence-electron chi connectivity index (χ4n) is 2.78. The third kappa shape index (κ3) is 4.52. The molecule has 0 bridgehead atoms. The van der Waals surface area contributed by atoms with E-state index in [1.807, 2.05) is 16.8 Å². The summed E-state index contributed by atoms with van der Waals surface area (Å²) < 4.78 is 38.5. The molecule has 1 aliphatic rings. The topological polar surface area (TPSA) is 84.9 Å². The van der Waals surface area contributed by atoms with Gasteiger partial charge in [-0.05, 0) is 53.3 Å². The minimum atomic E-state index is -3.62. The Bertz CT molecular complexity index is 789. The fourth-order valence-corrected chi connectivity index (χ4v) is 4.59. The van der Waals surface area contributed by atoms with Gasteiger partial charge in [-0.2, -0.15) is 11.3 Å². The number of rotatable bonds is 8. The van der Waals surface area contributed by atoms with Crippen LogP contribution in [0, 0.1) is 0 Å². The van der Waals surface area contributed by atoms with Crippen molar-refractivity contribution in [3.8, 4) is 11.5 Å². The smallest absolute Gasteiger partial charge is 0.240 e. The van der Waals surface area contributed by atoms with Gasteiger partial charge in [-0.1, -0.05) is 0 Å². The quantitative estimate of drug-likeness (QED) is 0.731. The predicted molar refractivity (Wildman–Crippen MR) is 96.0 cm³/mol. The van der Waals surface area contributed by atoms with Gasteiger partial charge >= 0.3 is 0 Å². The zero-order valence-corrected chi connectivity index (χ0v) is 15.3. The molecule has 1 atom stereocenters. The number of aliphatic hydroxyl groups excluding tert-OH is 1. The number of hydrogen-bond acceptors (Lipinski definition) is 6. The van der Waals surface area contributed by atoms with E-state index in [9.17, 15) is 13.5 Å². The van der Waals surface area contributed by atoms with Crippen molar-refractivity contribution in [3.05, 3.63) is 40.6 Å². The minimum Gasteiger partial charge on any atom is -0.486 e. The number of ether oxygens (including phenoxy) is 2. The summed E-state index contributed by atoms with van der Waals surface area (Å²) >= 11 is 1.60. The molecule has 2 N–H and O–H groups in total. The maximum absolute atomic E-state index is 12.5. The molecule has 0 radical (unpaired) electrons. The van der Waals surface area contributed by atoms with Crippen LogP contribution in [0.3, 0.4) is 0 Å². The molecule has 1 aromatic carbocycles. The Morgan fingerprint density at radius 2 is 1.96 bits per heavy atom. The van der Waals surface area contributed by atoms with Crippen LogP contribution < -0.4 is 14.2 Å². The standard InChI is InChI=1S/C17H21NO5S2/c19-7-4-13(14-5-10-24-12-14)3-6-18-25(20,21)15-1-2-16-17(11-15)23-9-8-22-16/h1-2,5,10-13,18-19H,3-4,6-9H2/t13-/m0/s1. The van der Waals surface area contributed by atoms with E-state index in [0.29, 0.717) is 44.1 Å². The summed E-state index contributed by atoms with van der Waals surface area (Å²) in [6.07, 6.45) is 1.24. The molecule has 8 heteroatoms. The molecule has 6 nitrogen and oxygen atoms in total. The van der Waals surface area contributed by atoms with Gasteiger partial charge in [0.15, 0.2) is 11.5 Å². The highest BCUT2D eigenvalue weighted by Crippen LogP contribution is 2.32. The summed E-state index contributed by atoms with van der Waals surface area (Å²) in [5, 5.41) is 13.2. The van der Waals surface area contributed by atoms with E-state index in [1.54, 1.807) is 17.4 Å². The number of benzene rings is 1. The lowest BCUT2D eigenvalue weighted by molar-refractivity contribution is 0.171. The Morgan fingerprint density at radius 1 is 1.16 bits per heavy atom. The van der Waals surface area contributed by atoms with E-state index >= 15 is 0 Å². The highest BCUT2D eigenvalue weighted by atomic mass is 32.2. The number of nitrogens with one attached hydrogen (secondary N) is 1. The highest BCUT2D eigenvalue weighted by Gasteiger charge is 2.20. The molecule has 25 heavy (non-hydrogen) atoms. The Hall–Kier alpha value is -1.61. The molecule has 2 heterocycles. The SMILES string of the molecule is O=S(=O)(NCC[C@@H](CCO)c1ccsc1)c1ccc2c(c1)OCCO2. The number of thiophene rings is 1. The first-order valence-corrected chi connectivity index (χ1v) is 10.5. The molecule has 3 rings (SSSR count). The molecule has 0 fully saturated rings. The molecule has 0 unspecified atom stereocenters. The highest BCUT2D eigenvalue weighted by molar-refractivity contribution is 7.89. The van der Waals surface area contributed by atoms with Gasteiger partial charge in [0.25, 0.3) is 0 Å². The van der Waals surface area contributed by atoms with E-state index in [-0.39, 0.29) is 17.4 Å². The van der Waals surface area contributed by atoms with Crippen LogP contribution >= 0.6 is 11.3 Å². The first kappa shape index (κ1) is 18.2. The zero-order valence-electron chi connectivity index (χ0n) is 13.7. The van der Waals surface area contributed by atoms with E-state index in [2.05, 4.69) is 4.72 Å². The lowest BCUT2D eigenvalue weighted by Gasteiger charge is -2.19. The van der Waals surface area contributed by atoms with Crippen molar-refractivity contribution in [2.45, 2.75) is 23.7 Å². The summed E-state index contributed by atoms with van der Waals surface area (Å²) in [6.45, 7) is 1.26. The molecular formula is C17H21NO5S2. The van der Waals surface area contributed by atoms with E-state index in [1.165, 1.54) is 12.1 Å². The van der Waals surface area contributed by atoms with Gasteiger partial charge in [0.1, 0.15) is 13.2 Å². The van der Waals surface area contributed by atoms with Gasteiger partial charge in [0, 0.05) is 19.2 Å². The average Bonchev–Trinajstić information content (AvgIpc) is 3.15. The van der Waals surface area contributed by atoms with Crippen molar-refractivity contribution in [2.75, 3.05) is 26.4 Å². The fraction of sp³-hybridized carbons (Fsp3) is 0.412. The number of hydrogen-bond donors (Lipinski definition) is 2.